The number of benzene rings is 10. The van der Waals surface area contributed by atoms with E-state index in [0.29, 0.717) is 0 Å². The molecule has 0 amide bonds. The largest absolute Gasteiger partial charge is 0.457 e. The zero-order valence-electron chi connectivity index (χ0n) is 34.0. The van der Waals surface area contributed by atoms with Crippen LogP contribution >= 0.6 is 0 Å². The fourth-order valence-electron chi connectivity index (χ4n) is 11.1. The molecule has 3 heterocycles. The molecule has 1 aliphatic heterocycles. The van der Waals surface area contributed by atoms with Crippen LogP contribution < -0.4 is 4.74 Å². The molecule has 0 atom stereocenters. The molecular weight excluding hydrogens is 767 g/mol. The van der Waals surface area contributed by atoms with Crippen molar-refractivity contribution in [3.8, 4) is 56.1 Å². The highest BCUT2D eigenvalue weighted by atomic mass is 16.5. The Morgan fingerprint density at radius 1 is 0.349 bits per heavy atom. The fourth-order valence-corrected chi connectivity index (χ4v) is 11.1. The van der Waals surface area contributed by atoms with E-state index < -0.39 is 5.41 Å². The van der Waals surface area contributed by atoms with Crippen molar-refractivity contribution in [1.82, 2.24) is 4.98 Å². The van der Waals surface area contributed by atoms with E-state index in [1.165, 1.54) is 82.4 Å². The molecule has 0 N–H and O–H groups in total. The molecule has 2 aliphatic rings. The van der Waals surface area contributed by atoms with Gasteiger partial charge in [0.25, 0.3) is 0 Å². The standard InChI is InChI=1S/C60H35NO2/c1-2-14-37-34-57-48(31-36(37)13-1)47-32-38(27-30-54(47)62-57)53-29-26-40(35-61-53)59-44-18-5-3-16-42(44)58(43-17-4-6-19-45(43)59)39-25-28-50-46(33-39)41-15-7-8-20-49(41)60(50)51-21-9-11-23-55(51)63-56-24-12-10-22-52(56)60/h1-35H. The third-order valence-electron chi connectivity index (χ3n) is 13.8. The first-order valence-electron chi connectivity index (χ1n) is 21.6. The number of hydrogen-bond donors (Lipinski definition) is 0. The SMILES string of the molecule is c1ccc2c(c1)Oc1ccccc1C21c2ccccc2-c2cc(-c3c4ccccc4c(-c4ccc(-c5ccc6oc7cc8ccccc8cc7c6c5)nc4)c4ccccc34)ccc21. The second-order valence-electron chi connectivity index (χ2n) is 16.9. The monoisotopic (exact) mass is 801 g/mol. The fraction of sp³-hybridized carbons (Fsp3) is 0.0167. The number of hydrogen-bond acceptors (Lipinski definition) is 3. The summed E-state index contributed by atoms with van der Waals surface area (Å²) in [6, 6.07) is 74.6. The van der Waals surface area contributed by atoms with E-state index >= 15 is 0 Å². The van der Waals surface area contributed by atoms with E-state index in [4.69, 9.17) is 14.1 Å². The molecule has 2 aromatic heterocycles. The zero-order chi connectivity index (χ0) is 41.2. The molecule has 63 heavy (non-hydrogen) atoms. The minimum Gasteiger partial charge on any atom is -0.457 e. The van der Waals surface area contributed by atoms with Crippen molar-refractivity contribution in [2.75, 3.05) is 0 Å². The Morgan fingerprint density at radius 3 is 1.57 bits per heavy atom. The smallest absolute Gasteiger partial charge is 0.136 e. The van der Waals surface area contributed by atoms with Gasteiger partial charge in [-0.25, -0.2) is 0 Å². The van der Waals surface area contributed by atoms with Gasteiger partial charge in [0, 0.05) is 39.2 Å². The third kappa shape index (κ3) is 4.76. The molecule has 12 aromatic rings. The molecule has 0 saturated heterocycles. The quantitative estimate of drug-likeness (QED) is 0.167. The van der Waals surface area contributed by atoms with E-state index in [-0.39, 0.29) is 0 Å². The number of rotatable bonds is 3. The van der Waals surface area contributed by atoms with Gasteiger partial charge in [0.2, 0.25) is 0 Å². The maximum absolute atomic E-state index is 6.59. The van der Waals surface area contributed by atoms with E-state index in [0.717, 1.165) is 50.3 Å². The maximum atomic E-state index is 6.59. The van der Waals surface area contributed by atoms with Gasteiger partial charge in [-0.2, -0.15) is 0 Å². The number of nitrogens with zero attached hydrogens (tertiary/aromatic N) is 1. The summed E-state index contributed by atoms with van der Waals surface area (Å²) in [6.07, 6.45) is 2.05. The van der Waals surface area contributed by atoms with Crippen molar-refractivity contribution >= 4 is 54.3 Å². The van der Waals surface area contributed by atoms with Gasteiger partial charge in [0.05, 0.1) is 11.1 Å². The molecule has 0 bridgehead atoms. The first kappa shape index (κ1) is 34.4. The lowest BCUT2D eigenvalue weighted by molar-refractivity contribution is 0.436. The van der Waals surface area contributed by atoms with E-state index in [9.17, 15) is 0 Å². The molecule has 14 rings (SSSR count). The van der Waals surface area contributed by atoms with Crippen molar-refractivity contribution in [1.29, 1.82) is 0 Å². The minimum absolute atomic E-state index is 0.504. The normalized spacial score (nSPS) is 13.3. The van der Waals surface area contributed by atoms with E-state index in [1.54, 1.807) is 0 Å². The highest BCUT2D eigenvalue weighted by Crippen LogP contribution is 2.62. The number of ether oxygens (including phenoxy) is 1. The molecule has 3 heteroatoms. The van der Waals surface area contributed by atoms with Crippen molar-refractivity contribution < 1.29 is 9.15 Å². The Labute approximate surface area is 363 Å². The van der Waals surface area contributed by atoms with Crippen LogP contribution in [0.2, 0.25) is 0 Å². The lowest BCUT2D eigenvalue weighted by atomic mass is 9.66. The van der Waals surface area contributed by atoms with Crippen LogP contribution in [0.4, 0.5) is 0 Å². The van der Waals surface area contributed by atoms with Crippen LogP contribution in [-0.4, -0.2) is 4.98 Å². The van der Waals surface area contributed by atoms with Crippen molar-refractivity contribution in [3.05, 3.63) is 235 Å². The Bertz CT molecular complexity index is 3790. The highest BCUT2D eigenvalue weighted by molar-refractivity contribution is 6.21. The van der Waals surface area contributed by atoms with Crippen LogP contribution in [0.5, 0.6) is 11.5 Å². The average molecular weight is 802 g/mol. The molecule has 0 radical (unpaired) electrons. The number of aromatic nitrogens is 1. The molecule has 1 aliphatic carbocycles. The Morgan fingerprint density at radius 2 is 0.889 bits per heavy atom. The summed E-state index contributed by atoms with van der Waals surface area (Å²) < 4.78 is 12.9. The minimum atomic E-state index is -0.504. The summed E-state index contributed by atoms with van der Waals surface area (Å²) in [5.41, 5.74) is 15.4. The molecule has 3 nitrogen and oxygen atoms in total. The van der Waals surface area contributed by atoms with Gasteiger partial charge in [-0.05, 0) is 126 Å². The van der Waals surface area contributed by atoms with Gasteiger partial charge < -0.3 is 9.15 Å². The molecule has 292 valence electrons. The van der Waals surface area contributed by atoms with E-state index in [2.05, 4.69) is 206 Å². The lowest BCUT2D eigenvalue weighted by Gasteiger charge is -2.39. The molecule has 10 aromatic carbocycles. The predicted molar refractivity (Wildman–Crippen MR) is 258 cm³/mol. The van der Waals surface area contributed by atoms with Crippen LogP contribution in [-0.2, 0) is 5.41 Å². The van der Waals surface area contributed by atoms with Crippen LogP contribution in [0.15, 0.2) is 217 Å². The molecule has 0 saturated carbocycles. The van der Waals surface area contributed by atoms with Crippen LogP contribution in [0.25, 0.3) is 98.9 Å². The molecule has 1 spiro atoms. The van der Waals surface area contributed by atoms with Crippen molar-refractivity contribution in [3.63, 3.8) is 0 Å². The highest BCUT2D eigenvalue weighted by Gasteiger charge is 2.51. The third-order valence-corrected chi connectivity index (χ3v) is 13.8. The lowest BCUT2D eigenvalue weighted by Crippen LogP contribution is -2.32. The summed E-state index contributed by atoms with van der Waals surface area (Å²) >= 11 is 0. The molecule has 0 fully saturated rings. The van der Waals surface area contributed by atoms with Crippen molar-refractivity contribution in [2.45, 2.75) is 5.41 Å². The summed E-state index contributed by atoms with van der Waals surface area (Å²) in [5, 5.41) is 9.41. The van der Waals surface area contributed by atoms with Crippen molar-refractivity contribution in [2.24, 2.45) is 0 Å². The van der Waals surface area contributed by atoms with Gasteiger partial charge in [-0.15, -0.1) is 0 Å². The van der Waals surface area contributed by atoms with E-state index in [1.807, 2.05) is 6.20 Å². The first-order valence-corrected chi connectivity index (χ1v) is 21.6. The second-order valence-corrected chi connectivity index (χ2v) is 16.9. The maximum Gasteiger partial charge on any atom is 0.136 e. The summed E-state index contributed by atoms with van der Waals surface area (Å²) in [7, 11) is 0. The topological polar surface area (TPSA) is 35.3 Å². The van der Waals surface area contributed by atoms with Crippen LogP contribution in [0.1, 0.15) is 22.3 Å². The van der Waals surface area contributed by atoms with Gasteiger partial charge >= 0.3 is 0 Å². The summed E-state index contributed by atoms with van der Waals surface area (Å²) in [5.74, 6) is 1.80. The Kier molecular flexibility index (Phi) is 7.04. The number of furan rings is 1. The second kappa shape index (κ2) is 12.9. The zero-order valence-corrected chi connectivity index (χ0v) is 34.0. The molecular formula is C60H35NO2. The Hall–Kier alpha value is -8.27. The summed E-state index contributed by atoms with van der Waals surface area (Å²) in [6.45, 7) is 0. The summed E-state index contributed by atoms with van der Waals surface area (Å²) in [4.78, 5) is 5.14. The number of fused-ring (bicyclic) bond motifs is 15. The van der Waals surface area contributed by atoms with Crippen LogP contribution in [0, 0.1) is 0 Å². The first-order chi connectivity index (χ1) is 31.2. The average Bonchev–Trinajstić information content (AvgIpc) is 3.84. The predicted octanol–water partition coefficient (Wildman–Crippen LogP) is 15.9. The Balaban J connectivity index is 0.928. The van der Waals surface area contributed by atoms with Gasteiger partial charge in [-0.1, -0.05) is 152 Å². The van der Waals surface area contributed by atoms with Gasteiger partial charge in [0.15, 0.2) is 0 Å². The van der Waals surface area contributed by atoms with Crippen LogP contribution in [0.3, 0.4) is 0 Å². The van der Waals surface area contributed by atoms with Gasteiger partial charge in [0.1, 0.15) is 22.7 Å². The molecule has 0 unspecified atom stereocenters. The van der Waals surface area contributed by atoms with Gasteiger partial charge in [-0.3, -0.25) is 4.98 Å². The number of pyridine rings is 1. The number of para-hydroxylation sites is 2.